The van der Waals surface area contributed by atoms with Gasteiger partial charge in [-0.2, -0.15) is 5.01 Å². The third-order valence-corrected chi connectivity index (χ3v) is 11.8. The topological polar surface area (TPSA) is 116 Å². The van der Waals surface area contributed by atoms with Gasteiger partial charge in [-0.05, 0) is 115 Å². The van der Waals surface area contributed by atoms with Crippen molar-refractivity contribution >= 4 is 57.6 Å². The van der Waals surface area contributed by atoms with Gasteiger partial charge >= 0.3 is 0 Å². The van der Waals surface area contributed by atoms with Crippen molar-refractivity contribution in [3.63, 3.8) is 0 Å². The summed E-state index contributed by atoms with van der Waals surface area (Å²) in [6, 6.07) is 29.2. The van der Waals surface area contributed by atoms with Gasteiger partial charge in [0.25, 0.3) is 11.8 Å². The quantitative estimate of drug-likeness (QED) is 0.119. The van der Waals surface area contributed by atoms with Gasteiger partial charge in [-0.25, -0.2) is 0 Å². The van der Waals surface area contributed by atoms with E-state index in [0.717, 1.165) is 19.7 Å². The number of benzene rings is 4. The average Bonchev–Trinajstić information content (AvgIpc) is 3.52. The van der Waals surface area contributed by atoms with Crippen LogP contribution >= 0.6 is 22.6 Å². The van der Waals surface area contributed by atoms with E-state index < -0.39 is 46.8 Å². The fourth-order valence-electron chi connectivity index (χ4n) is 8.95. The Bertz CT molecular complexity index is 2100. The van der Waals surface area contributed by atoms with E-state index in [1.165, 1.54) is 4.90 Å². The molecule has 8 rings (SSSR count). The molecule has 1 saturated carbocycles. The number of fused-ring (bicyclic) bond motifs is 4. The molecule has 51 heavy (non-hydrogen) atoms. The number of hydrogen-bond donors (Lipinski definition) is 2. The highest BCUT2D eigenvalue weighted by Gasteiger charge is 2.70. The number of aromatic hydroxyl groups is 1. The number of phenolic OH excluding ortho intramolecular Hbond substituents is 1. The fraction of sp³-hybridized carbons (Fsp3) is 0.268. The van der Waals surface area contributed by atoms with Gasteiger partial charge in [0.1, 0.15) is 0 Å². The first-order valence-corrected chi connectivity index (χ1v) is 18.3. The van der Waals surface area contributed by atoms with E-state index in [-0.39, 0.29) is 29.7 Å². The van der Waals surface area contributed by atoms with Crippen molar-refractivity contribution in [1.29, 1.82) is 0 Å². The molecule has 0 radical (unpaired) electrons. The van der Waals surface area contributed by atoms with Gasteiger partial charge in [0.2, 0.25) is 11.8 Å². The molecule has 0 spiro atoms. The molecular formula is C41H36IN3O6. The molecule has 9 nitrogen and oxygen atoms in total. The largest absolute Gasteiger partial charge is 0.504 e. The summed E-state index contributed by atoms with van der Waals surface area (Å²) < 4.78 is 6.82. The van der Waals surface area contributed by atoms with Crippen LogP contribution in [0.2, 0.25) is 0 Å². The molecule has 4 amide bonds. The molecule has 3 fully saturated rings. The third kappa shape index (κ3) is 5.09. The first-order chi connectivity index (χ1) is 24.6. The van der Waals surface area contributed by atoms with Crippen molar-refractivity contribution in [2.45, 2.75) is 38.0 Å². The Balaban J connectivity index is 1.32. The van der Waals surface area contributed by atoms with Crippen LogP contribution in [-0.2, 0) is 24.6 Å². The molecule has 2 aliphatic heterocycles. The summed E-state index contributed by atoms with van der Waals surface area (Å²) in [6.07, 6.45) is 2.55. The van der Waals surface area contributed by atoms with Gasteiger partial charge in [-0.1, -0.05) is 65.7 Å². The maximum absolute atomic E-state index is 15.3. The minimum atomic E-state index is -1.41. The first-order valence-electron chi connectivity index (χ1n) is 17.2. The van der Waals surface area contributed by atoms with Crippen LogP contribution in [0.3, 0.4) is 0 Å². The third-order valence-electron chi connectivity index (χ3n) is 11.1. The summed E-state index contributed by atoms with van der Waals surface area (Å²) in [5.74, 6) is -4.54. The zero-order chi connectivity index (χ0) is 35.6. The highest BCUT2D eigenvalue weighted by atomic mass is 127. The lowest BCUT2D eigenvalue weighted by atomic mass is 9.49. The minimum Gasteiger partial charge on any atom is -0.504 e. The van der Waals surface area contributed by atoms with E-state index in [1.807, 2.05) is 86.7 Å². The average molecular weight is 794 g/mol. The number of aryl methyl sites for hydroxylation is 1. The zero-order valence-corrected chi connectivity index (χ0v) is 30.2. The Morgan fingerprint density at radius 1 is 0.882 bits per heavy atom. The summed E-state index contributed by atoms with van der Waals surface area (Å²) in [5.41, 5.74) is 6.05. The van der Waals surface area contributed by atoms with Crippen LogP contribution in [0, 0.1) is 34.2 Å². The SMILES string of the molecule is CCOc1cc(C2C3=CCC4C(=O)N(c5ccc(I)cc5)C(=O)C4C3CC3C(=O)N(Nc4ccc(C)cc4)C(=O)C32c2ccccc2)ccc1O. The first kappa shape index (κ1) is 33.2. The summed E-state index contributed by atoms with van der Waals surface area (Å²) in [5, 5.41) is 11.9. The Hall–Kier alpha value is -4.97. The van der Waals surface area contributed by atoms with Gasteiger partial charge in [0.15, 0.2) is 11.5 Å². The van der Waals surface area contributed by atoms with E-state index >= 15 is 4.79 Å². The lowest BCUT2D eigenvalue weighted by molar-refractivity contribution is -0.138. The summed E-state index contributed by atoms with van der Waals surface area (Å²) >= 11 is 2.19. The molecule has 10 heteroatoms. The van der Waals surface area contributed by atoms with Crippen LogP contribution in [0.25, 0.3) is 0 Å². The lowest BCUT2D eigenvalue weighted by Crippen LogP contribution is -2.53. The van der Waals surface area contributed by atoms with E-state index in [9.17, 15) is 19.5 Å². The number of nitrogens with one attached hydrogen (secondary N) is 1. The van der Waals surface area contributed by atoms with Crippen molar-refractivity contribution in [2.75, 3.05) is 16.9 Å². The van der Waals surface area contributed by atoms with Gasteiger partial charge in [0, 0.05) is 9.49 Å². The van der Waals surface area contributed by atoms with Gasteiger partial charge in [-0.3, -0.25) is 29.5 Å². The Morgan fingerprint density at radius 2 is 1.61 bits per heavy atom. The van der Waals surface area contributed by atoms with Crippen molar-refractivity contribution < 1.29 is 29.0 Å². The molecular weight excluding hydrogens is 757 g/mol. The normalized spacial score (nSPS) is 26.8. The molecule has 2 N–H and O–H groups in total. The van der Waals surface area contributed by atoms with E-state index in [1.54, 1.807) is 30.3 Å². The maximum Gasteiger partial charge on any atom is 0.260 e. The molecule has 0 aromatic heterocycles. The predicted molar refractivity (Wildman–Crippen MR) is 200 cm³/mol. The second-order valence-electron chi connectivity index (χ2n) is 13.7. The van der Waals surface area contributed by atoms with Crippen LogP contribution in [0.15, 0.2) is 109 Å². The van der Waals surface area contributed by atoms with E-state index in [2.05, 4.69) is 28.0 Å². The number of halogens is 1. The molecule has 2 heterocycles. The summed E-state index contributed by atoms with van der Waals surface area (Å²) in [7, 11) is 0. The number of anilines is 2. The Labute approximate surface area is 309 Å². The van der Waals surface area contributed by atoms with Gasteiger partial charge in [0.05, 0.1) is 41.2 Å². The molecule has 6 unspecified atom stereocenters. The Morgan fingerprint density at radius 3 is 2.31 bits per heavy atom. The molecule has 258 valence electrons. The number of ether oxygens (including phenoxy) is 1. The van der Waals surface area contributed by atoms with Crippen molar-refractivity contribution in [2.24, 2.45) is 23.7 Å². The lowest BCUT2D eigenvalue weighted by Gasteiger charge is -2.50. The highest BCUT2D eigenvalue weighted by molar-refractivity contribution is 14.1. The standard InChI is InChI=1S/C41H36IN3O6/c1-3-51-34-21-24(11-20-33(34)46)36-29-18-19-30-35(39(49)44(37(30)47)28-16-12-26(42)13-17-28)31(29)22-32-38(48)45(43-27-14-9-23(2)10-15-27)40(50)41(32,36)25-7-5-4-6-8-25/h4-18,20-21,30-32,35-36,43,46H,3,19,22H2,1-2H3. The van der Waals surface area contributed by atoms with Crippen LogP contribution in [0.1, 0.15) is 42.4 Å². The molecule has 0 bridgehead atoms. The van der Waals surface area contributed by atoms with Crippen LogP contribution in [0.5, 0.6) is 11.5 Å². The fourth-order valence-corrected chi connectivity index (χ4v) is 9.31. The monoisotopic (exact) mass is 793 g/mol. The summed E-state index contributed by atoms with van der Waals surface area (Å²) in [4.78, 5) is 59.9. The van der Waals surface area contributed by atoms with Crippen molar-refractivity contribution in [3.05, 3.63) is 129 Å². The van der Waals surface area contributed by atoms with Gasteiger partial charge < -0.3 is 9.84 Å². The van der Waals surface area contributed by atoms with E-state index in [0.29, 0.717) is 35.5 Å². The molecule has 2 saturated heterocycles. The molecule has 4 aromatic rings. The van der Waals surface area contributed by atoms with Crippen LogP contribution in [0.4, 0.5) is 11.4 Å². The molecule has 2 aliphatic carbocycles. The van der Waals surface area contributed by atoms with Crippen LogP contribution < -0.4 is 15.1 Å². The number of carbonyl (C=O) groups is 4. The second kappa shape index (κ2) is 12.7. The number of allylic oxidation sites excluding steroid dienone is 2. The van der Waals surface area contributed by atoms with Crippen molar-refractivity contribution in [1.82, 2.24) is 5.01 Å². The minimum absolute atomic E-state index is 0.0443. The molecule has 4 aliphatic rings. The second-order valence-corrected chi connectivity index (χ2v) is 15.0. The number of amides is 4. The number of carbonyl (C=O) groups excluding carboxylic acids is 4. The van der Waals surface area contributed by atoms with E-state index in [4.69, 9.17) is 4.74 Å². The van der Waals surface area contributed by atoms with Crippen LogP contribution in [-0.4, -0.2) is 40.4 Å². The maximum atomic E-state index is 15.3. The number of nitrogens with zero attached hydrogens (tertiary/aromatic N) is 2. The zero-order valence-electron chi connectivity index (χ0n) is 28.1. The smallest absolute Gasteiger partial charge is 0.260 e. The Kier molecular flexibility index (Phi) is 8.24. The van der Waals surface area contributed by atoms with Crippen molar-refractivity contribution in [3.8, 4) is 11.5 Å². The number of imide groups is 2. The number of phenols is 1. The number of hydrogen-bond acceptors (Lipinski definition) is 7. The molecule has 4 aromatic carbocycles. The summed E-state index contributed by atoms with van der Waals surface area (Å²) in [6.45, 7) is 4.09. The van der Waals surface area contributed by atoms with Gasteiger partial charge in [-0.15, -0.1) is 0 Å². The highest BCUT2D eigenvalue weighted by Crippen LogP contribution is 2.64. The molecule has 6 atom stereocenters. The number of rotatable bonds is 7. The number of hydrazine groups is 1. The predicted octanol–water partition coefficient (Wildman–Crippen LogP) is 6.89.